The number of anilines is 2. The van der Waals surface area contributed by atoms with Crippen LogP contribution in [0.2, 0.25) is 0 Å². The summed E-state index contributed by atoms with van der Waals surface area (Å²) in [5.41, 5.74) is 4.97. The Labute approximate surface area is 178 Å². The molecule has 3 rings (SSSR count). The summed E-state index contributed by atoms with van der Waals surface area (Å²) in [7, 11) is 1.50. The summed E-state index contributed by atoms with van der Waals surface area (Å²) in [6, 6.07) is 12.6. The molecule has 0 aliphatic rings. The van der Waals surface area contributed by atoms with E-state index in [9.17, 15) is 9.59 Å². The second-order valence-electron chi connectivity index (χ2n) is 6.57. The third-order valence-corrected chi connectivity index (χ3v) is 4.09. The summed E-state index contributed by atoms with van der Waals surface area (Å²) >= 11 is 0. The number of hydrogen-bond donors (Lipinski definition) is 3. The SMILES string of the molecule is COc1cc(/C=N/Nc2nnc(C)c(=O)[nH]2)ccc1OCC(=O)Nc1cccc(C)c1. The van der Waals surface area contributed by atoms with Gasteiger partial charge >= 0.3 is 0 Å². The van der Waals surface area contributed by atoms with Gasteiger partial charge in [0.2, 0.25) is 5.95 Å². The van der Waals surface area contributed by atoms with Gasteiger partial charge in [0.25, 0.3) is 11.5 Å². The van der Waals surface area contributed by atoms with E-state index in [1.807, 2.05) is 31.2 Å². The molecule has 3 N–H and O–H groups in total. The Bertz CT molecular complexity index is 1160. The molecular formula is C21H22N6O4. The normalized spacial score (nSPS) is 10.7. The lowest BCUT2D eigenvalue weighted by molar-refractivity contribution is -0.118. The first-order valence-corrected chi connectivity index (χ1v) is 9.34. The Morgan fingerprint density at radius 2 is 2.00 bits per heavy atom. The van der Waals surface area contributed by atoms with Crippen molar-refractivity contribution in [3.05, 3.63) is 69.6 Å². The van der Waals surface area contributed by atoms with E-state index in [-0.39, 0.29) is 29.7 Å². The zero-order valence-corrected chi connectivity index (χ0v) is 17.3. The van der Waals surface area contributed by atoms with Crippen molar-refractivity contribution in [2.75, 3.05) is 24.5 Å². The second-order valence-corrected chi connectivity index (χ2v) is 6.57. The number of amides is 1. The average Bonchev–Trinajstić information content (AvgIpc) is 2.75. The summed E-state index contributed by atoms with van der Waals surface area (Å²) in [6.07, 6.45) is 1.51. The molecule has 0 saturated carbocycles. The van der Waals surface area contributed by atoms with Crippen molar-refractivity contribution in [2.45, 2.75) is 13.8 Å². The number of aromatic amines is 1. The summed E-state index contributed by atoms with van der Waals surface area (Å²) in [4.78, 5) is 26.2. The minimum atomic E-state index is -0.345. The lowest BCUT2D eigenvalue weighted by Gasteiger charge is -2.11. The Morgan fingerprint density at radius 1 is 1.16 bits per heavy atom. The molecule has 10 heteroatoms. The number of nitrogens with zero attached hydrogens (tertiary/aromatic N) is 3. The minimum Gasteiger partial charge on any atom is -0.493 e. The fourth-order valence-electron chi connectivity index (χ4n) is 2.56. The van der Waals surface area contributed by atoms with Crippen molar-refractivity contribution >= 4 is 23.8 Å². The molecule has 10 nitrogen and oxygen atoms in total. The Morgan fingerprint density at radius 3 is 2.74 bits per heavy atom. The molecule has 0 unspecified atom stereocenters. The molecule has 0 atom stereocenters. The maximum Gasteiger partial charge on any atom is 0.274 e. The van der Waals surface area contributed by atoms with Crippen LogP contribution in [0.25, 0.3) is 0 Å². The van der Waals surface area contributed by atoms with Crippen LogP contribution in [0, 0.1) is 13.8 Å². The minimum absolute atomic E-state index is 0.124. The van der Waals surface area contributed by atoms with Crippen LogP contribution in [0.15, 0.2) is 52.4 Å². The van der Waals surface area contributed by atoms with E-state index in [0.717, 1.165) is 5.56 Å². The smallest absolute Gasteiger partial charge is 0.274 e. The number of aryl methyl sites for hydroxylation is 2. The highest BCUT2D eigenvalue weighted by Crippen LogP contribution is 2.27. The molecule has 1 heterocycles. The van der Waals surface area contributed by atoms with Gasteiger partial charge in [-0.1, -0.05) is 12.1 Å². The summed E-state index contributed by atoms with van der Waals surface area (Å²) in [5.74, 6) is 0.700. The van der Waals surface area contributed by atoms with Crippen LogP contribution in [-0.2, 0) is 4.79 Å². The molecule has 2 aromatic carbocycles. The molecule has 3 aromatic rings. The largest absolute Gasteiger partial charge is 0.493 e. The molecule has 0 spiro atoms. The van der Waals surface area contributed by atoms with Crippen LogP contribution in [0.3, 0.4) is 0 Å². The number of carbonyl (C=O) groups excluding carboxylic acids is 1. The fraction of sp³-hybridized carbons (Fsp3) is 0.190. The molecule has 0 saturated heterocycles. The predicted molar refractivity (Wildman–Crippen MR) is 117 cm³/mol. The standard InChI is InChI=1S/C21H22N6O4/c1-13-5-4-6-16(9-13)23-19(28)12-31-17-8-7-15(10-18(17)30-3)11-22-26-21-24-20(29)14(2)25-27-21/h4-11H,12H2,1-3H3,(H,23,28)(H2,24,26,27,29)/b22-11+. The number of hydrazone groups is 1. The van der Waals surface area contributed by atoms with Crippen LogP contribution in [0.4, 0.5) is 11.6 Å². The van der Waals surface area contributed by atoms with Crippen molar-refractivity contribution < 1.29 is 14.3 Å². The number of rotatable bonds is 8. The van der Waals surface area contributed by atoms with Gasteiger partial charge in [-0.25, -0.2) is 5.43 Å². The highest BCUT2D eigenvalue weighted by Gasteiger charge is 2.09. The van der Waals surface area contributed by atoms with Gasteiger partial charge < -0.3 is 14.8 Å². The van der Waals surface area contributed by atoms with E-state index in [1.165, 1.54) is 13.3 Å². The van der Waals surface area contributed by atoms with Crippen molar-refractivity contribution in [1.82, 2.24) is 15.2 Å². The first-order valence-electron chi connectivity index (χ1n) is 9.34. The van der Waals surface area contributed by atoms with E-state index in [0.29, 0.717) is 22.7 Å². The average molecular weight is 422 g/mol. The topological polar surface area (TPSA) is 131 Å². The number of carbonyl (C=O) groups is 1. The maximum absolute atomic E-state index is 12.1. The van der Waals surface area contributed by atoms with E-state index in [1.54, 1.807) is 25.1 Å². The molecule has 0 aliphatic heterocycles. The lowest BCUT2D eigenvalue weighted by Crippen LogP contribution is -2.20. The van der Waals surface area contributed by atoms with E-state index >= 15 is 0 Å². The molecule has 0 fully saturated rings. The molecule has 0 aliphatic carbocycles. The van der Waals surface area contributed by atoms with Gasteiger partial charge in [-0.15, -0.1) is 10.2 Å². The summed E-state index contributed by atoms with van der Waals surface area (Å²) in [5, 5.41) is 14.3. The van der Waals surface area contributed by atoms with Gasteiger partial charge in [0.05, 0.1) is 13.3 Å². The number of H-pyrrole nitrogens is 1. The van der Waals surface area contributed by atoms with Gasteiger partial charge in [0.1, 0.15) is 5.69 Å². The number of hydrogen-bond acceptors (Lipinski definition) is 8. The number of methoxy groups -OCH3 is 1. The number of aromatic nitrogens is 3. The molecule has 0 bridgehead atoms. The molecular weight excluding hydrogens is 400 g/mol. The number of nitrogens with one attached hydrogen (secondary N) is 3. The third-order valence-electron chi connectivity index (χ3n) is 4.09. The third kappa shape index (κ3) is 6.13. The predicted octanol–water partition coefficient (Wildman–Crippen LogP) is 2.25. The van der Waals surface area contributed by atoms with Crippen LogP contribution < -0.4 is 25.8 Å². The summed E-state index contributed by atoms with van der Waals surface area (Å²) < 4.78 is 10.9. The number of benzene rings is 2. The van der Waals surface area contributed by atoms with Gasteiger partial charge in [-0.3, -0.25) is 14.6 Å². The van der Waals surface area contributed by atoms with E-state index < -0.39 is 0 Å². The quantitative estimate of drug-likeness (QED) is 0.375. The molecule has 31 heavy (non-hydrogen) atoms. The van der Waals surface area contributed by atoms with Gasteiger partial charge in [-0.05, 0) is 55.3 Å². The van der Waals surface area contributed by atoms with Crippen LogP contribution in [0.1, 0.15) is 16.8 Å². The van der Waals surface area contributed by atoms with Crippen molar-refractivity contribution in [3.63, 3.8) is 0 Å². The highest BCUT2D eigenvalue weighted by atomic mass is 16.5. The van der Waals surface area contributed by atoms with Crippen molar-refractivity contribution in [1.29, 1.82) is 0 Å². The van der Waals surface area contributed by atoms with Crippen LogP contribution in [-0.4, -0.2) is 41.0 Å². The molecule has 1 aromatic heterocycles. The van der Waals surface area contributed by atoms with Gasteiger partial charge in [-0.2, -0.15) is 5.10 Å². The van der Waals surface area contributed by atoms with Crippen molar-refractivity contribution in [3.8, 4) is 11.5 Å². The Balaban J connectivity index is 1.59. The van der Waals surface area contributed by atoms with Crippen molar-refractivity contribution in [2.24, 2.45) is 5.10 Å². The highest BCUT2D eigenvalue weighted by molar-refractivity contribution is 5.92. The summed E-state index contributed by atoms with van der Waals surface area (Å²) in [6.45, 7) is 3.34. The van der Waals surface area contributed by atoms with Crippen LogP contribution in [0.5, 0.6) is 11.5 Å². The lowest BCUT2D eigenvalue weighted by atomic mass is 10.2. The Hall–Kier alpha value is -4.21. The number of ether oxygens (including phenoxy) is 2. The molecule has 160 valence electrons. The van der Waals surface area contributed by atoms with E-state index in [2.05, 4.69) is 31.0 Å². The zero-order chi connectivity index (χ0) is 22.2. The second kappa shape index (κ2) is 10.0. The monoisotopic (exact) mass is 422 g/mol. The zero-order valence-electron chi connectivity index (χ0n) is 17.3. The first kappa shape index (κ1) is 21.5. The van der Waals surface area contributed by atoms with Crippen LogP contribution >= 0.6 is 0 Å². The van der Waals surface area contributed by atoms with Gasteiger partial charge in [0.15, 0.2) is 18.1 Å². The molecule has 0 radical (unpaired) electrons. The molecule has 1 amide bonds. The maximum atomic E-state index is 12.1. The van der Waals surface area contributed by atoms with E-state index in [4.69, 9.17) is 9.47 Å². The van der Waals surface area contributed by atoms with Gasteiger partial charge in [0, 0.05) is 5.69 Å². The first-order chi connectivity index (χ1) is 14.9. The Kier molecular flexibility index (Phi) is 6.94. The fourth-order valence-corrected chi connectivity index (χ4v) is 2.56.